The molecule has 0 aromatic carbocycles. The van der Waals surface area contributed by atoms with E-state index in [1.165, 1.54) is 12.8 Å². The van der Waals surface area contributed by atoms with Crippen LogP contribution in [0.5, 0.6) is 0 Å². The Morgan fingerprint density at radius 1 is 1.35 bits per heavy atom. The second-order valence-corrected chi connectivity index (χ2v) is 7.55. The molecule has 142 valence electrons. The Kier molecular flexibility index (Phi) is 6.30. The molecule has 2 N–H and O–H groups in total. The van der Waals surface area contributed by atoms with E-state index in [4.69, 9.17) is 10.5 Å². The van der Waals surface area contributed by atoms with Crippen LogP contribution in [0.25, 0.3) is 0 Å². The zero-order valence-electron chi connectivity index (χ0n) is 16.2. The average molecular weight is 357 g/mol. The summed E-state index contributed by atoms with van der Waals surface area (Å²) in [6.07, 6.45) is 11.8. The van der Waals surface area contributed by atoms with Crippen molar-refractivity contribution in [3.8, 4) is 0 Å². The number of rotatable bonds is 5. The van der Waals surface area contributed by atoms with Crippen LogP contribution < -0.4 is 5.73 Å². The van der Waals surface area contributed by atoms with Crippen molar-refractivity contribution >= 4 is 12.4 Å². The maximum absolute atomic E-state index is 6.24. The first-order valence-corrected chi connectivity index (χ1v) is 9.91. The van der Waals surface area contributed by atoms with Crippen molar-refractivity contribution < 1.29 is 4.74 Å². The van der Waals surface area contributed by atoms with Crippen LogP contribution in [-0.4, -0.2) is 49.2 Å². The van der Waals surface area contributed by atoms with E-state index >= 15 is 0 Å². The van der Waals surface area contributed by atoms with Crippen LogP contribution in [0.2, 0.25) is 0 Å². The first-order valence-electron chi connectivity index (χ1n) is 9.91. The smallest absolute Gasteiger partial charge is 0.126 e. The number of nitrogens with zero attached hydrogens (tertiary/aromatic N) is 3. The van der Waals surface area contributed by atoms with E-state index < -0.39 is 0 Å². The Hall–Kier alpha value is -1.88. The fourth-order valence-corrected chi connectivity index (χ4v) is 3.50. The van der Waals surface area contributed by atoms with E-state index in [0.29, 0.717) is 11.9 Å². The van der Waals surface area contributed by atoms with E-state index in [-0.39, 0.29) is 6.04 Å². The molecule has 2 unspecified atom stereocenters. The maximum Gasteiger partial charge on any atom is 0.126 e. The van der Waals surface area contributed by atoms with Gasteiger partial charge in [0.05, 0.1) is 12.1 Å². The molecule has 1 saturated carbocycles. The van der Waals surface area contributed by atoms with Crippen molar-refractivity contribution in [2.24, 2.45) is 21.6 Å². The van der Waals surface area contributed by atoms with Gasteiger partial charge >= 0.3 is 0 Å². The monoisotopic (exact) mass is 356 g/mol. The summed E-state index contributed by atoms with van der Waals surface area (Å²) < 4.78 is 6.16. The van der Waals surface area contributed by atoms with Gasteiger partial charge in [-0.1, -0.05) is 13.5 Å². The molecular weight excluding hydrogens is 324 g/mol. The number of allylic oxidation sites excluding steroid dienone is 2. The first kappa shape index (κ1) is 18.9. The minimum atomic E-state index is 0.00602. The van der Waals surface area contributed by atoms with Gasteiger partial charge in [0.1, 0.15) is 5.82 Å². The summed E-state index contributed by atoms with van der Waals surface area (Å²) in [4.78, 5) is 11.3. The Balaban J connectivity index is 1.79. The van der Waals surface area contributed by atoms with Gasteiger partial charge in [-0.3, -0.25) is 4.99 Å². The molecular formula is C21H32N4O. The molecule has 0 aromatic rings. The minimum absolute atomic E-state index is 0.00602. The average Bonchev–Trinajstić information content (AvgIpc) is 3.46. The van der Waals surface area contributed by atoms with E-state index in [0.717, 1.165) is 61.7 Å². The van der Waals surface area contributed by atoms with Crippen LogP contribution in [0.4, 0.5) is 0 Å². The molecule has 2 atom stereocenters. The molecule has 5 heteroatoms. The maximum atomic E-state index is 6.24. The highest BCUT2D eigenvalue weighted by Gasteiger charge is 2.27. The third-order valence-electron chi connectivity index (χ3n) is 5.30. The van der Waals surface area contributed by atoms with Crippen molar-refractivity contribution in [3.05, 3.63) is 35.3 Å². The van der Waals surface area contributed by atoms with Crippen LogP contribution in [0.15, 0.2) is 45.3 Å². The molecule has 26 heavy (non-hydrogen) atoms. The van der Waals surface area contributed by atoms with Gasteiger partial charge in [-0.2, -0.15) is 0 Å². The molecule has 5 nitrogen and oxygen atoms in total. The van der Waals surface area contributed by atoms with Gasteiger partial charge in [0, 0.05) is 43.4 Å². The summed E-state index contributed by atoms with van der Waals surface area (Å²) >= 11 is 0. The Bertz CT molecular complexity index is 642. The molecule has 3 aliphatic rings. The molecule has 1 aliphatic carbocycles. The highest BCUT2D eigenvalue weighted by molar-refractivity contribution is 5.78. The van der Waals surface area contributed by atoms with Gasteiger partial charge in [-0.05, 0) is 56.6 Å². The lowest BCUT2D eigenvalue weighted by molar-refractivity contribution is 0.00392. The van der Waals surface area contributed by atoms with E-state index in [1.807, 2.05) is 13.1 Å². The van der Waals surface area contributed by atoms with E-state index in [1.54, 1.807) is 6.21 Å². The van der Waals surface area contributed by atoms with Crippen LogP contribution in [0.1, 0.15) is 46.0 Å². The molecule has 1 saturated heterocycles. The summed E-state index contributed by atoms with van der Waals surface area (Å²) in [6, 6.07) is 0.00602. The first-order chi connectivity index (χ1) is 12.6. The normalized spacial score (nSPS) is 34.9. The SMILES string of the molecule is C=C1/C(CC)=C(N)\N=C/C(C)/N=C\C=C/1N1CCCC(OCC2CC2)C1. The molecule has 0 spiro atoms. The molecule has 3 rings (SSSR count). The number of aliphatic imine (C=N–C) groups is 2. The lowest BCUT2D eigenvalue weighted by Crippen LogP contribution is -2.40. The summed E-state index contributed by atoms with van der Waals surface area (Å²) in [7, 11) is 0. The molecule has 0 bridgehead atoms. The zero-order chi connectivity index (χ0) is 18.5. The Morgan fingerprint density at radius 3 is 2.88 bits per heavy atom. The Morgan fingerprint density at radius 2 is 2.15 bits per heavy atom. The zero-order valence-corrected chi connectivity index (χ0v) is 16.2. The third kappa shape index (κ3) is 4.85. The summed E-state index contributed by atoms with van der Waals surface area (Å²) in [5.41, 5.74) is 9.29. The predicted molar refractivity (Wildman–Crippen MR) is 108 cm³/mol. The standard InChI is InChI=1S/C21H32N4O/c1-4-19-16(3)20(9-10-23-15(2)12-24-21(19)22)25-11-5-6-18(13-25)26-14-17-7-8-17/h9-10,12,15,17-18H,3-8,11,13-14,22H2,1-2H3/b20-9+,21-19-,23-10-,24-12-. The number of likely N-dealkylation sites (tertiary alicyclic amines) is 1. The highest BCUT2D eigenvalue weighted by atomic mass is 16.5. The molecule has 0 amide bonds. The number of hydrogen-bond acceptors (Lipinski definition) is 5. The minimum Gasteiger partial charge on any atom is -0.383 e. The fraction of sp³-hybridized carbons (Fsp3) is 0.619. The van der Waals surface area contributed by atoms with Gasteiger partial charge in [0.25, 0.3) is 0 Å². The largest absolute Gasteiger partial charge is 0.383 e. The van der Waals surface area contributed by atoms with Crippen LogP contribution in [-0.2, 0) is 4.74 Å². The van der Waals surface area contributed by atoms with Crippen LogP contribution in [0.3, 0.4) is 0 Å². The van der Waals surface area contributed by atoms with Gasteiger partial charge in [0.2, 0.25) is 0 Å². The lowest BCUT2D eigenvalue weighted by Gasteiger charge is -2.37. The second kappa shape index (κ2) is 8.67. The van der Waals surface area contributed by atoms with Crippen molar-refractivity contribution in [1.29, 1.82) is 0 Å². The van der Waals surface area contributed by atoms with E-state index in [9.17, 15) is 0 Å². The predicted octanol–water partition coefficient (Wildman–Crippen LogP) is 3.44. The quantitative estimate of drug-likeness (QED) is 0.821. The molecule has 2 fully saturated rings. The second-order valence-electron chi connectivity index (χ2n) is 7.55. The Labute approximate surface area is 157 Å². The third-order valence-corrected chi connectivity index (χ3v) is 5.30. The van der Waals surface area contributed by atoms with Crippen molar-refractivity contribution in [3.63, 3.8) is 0 Å². The van der Waals surface area contributed by atoms with Gasteiger partial charge in [0.15, 0.2) is 0 Å². The molecule has 2 heterocycles. The fourth-order valence-electron chi connectivity index (χ4n) is 3.50. The van der Waals surface area contributed by atoms with E-state index in [2.05, 4.69) is 34.5 Å². The molecule has 2 aliphatic heterocycles. The van der Waals surface area contributed by atoms with Gasteiger partial charge in [-0.25, -0.2) is 4.99 Å². The van der Waals surface area contributed by atoms with Crippen molar-refractivity contribution in [1.82, 2.24) is 4.90 Å². The number of hydrogen-bond donors (Lipinski definition) is 1. The number of piperidine rings is 1. The molecule has 0 aromatic heterocycles. The van der Waals surface area contributed by atoms with Crippen LogP contribution >= 0.6 is 0 Å². The topological polar surface area (TPSA) is 63.2 Å². The van der Waals surface area contributed by atoms with Gasteiger partial charge < -0.3 is 15.4 Å². The van der Waals surface area contributed by atoms with Gasteiger partial charge in [-0.15, -0.1) is 0 Å². The summed E-state index contributed by atoms with van der Waals surface area (Å²) in [5.74, 6) is 1.35. The number of nitrogens with two attached hydrogens (primary N) is 1. The summed E-state index contributed by atoms with van der Waals surface area (Å²) in [6.45, 7) is 11.3. The van der Waals surface area contributed by atoms with Crippen molar-refractivity contribution in [2.45, 2.75) is 58.1 Å². The van der Waals surface area contributed by atoms with Crippen LogP contribution in [0, 0.1) is 5.92 Å². The van der Waals surface area contributed by atoms with Crippen molar-refractivity contribution in [2.75, 3.05) is 19.7 Å². The highest BCUT2D eigenvalue weighted by Crippen LogP contribution is 2.31. The summed E-state index contributed by atoms with van der Waals surface area (Å²) in [5, 5.41) is 0. The lowest BCUT2D eigenvalue weighted by atomic mass is 9.98. The number of ether oxygens (including phenoxy) is 1. The molecule has 0 radical (unpaired) electrons.